The summed E-state index contributed by atoms with van der Waals surface area (Å²) in [6, 6.07) is 4.09. The summed E-state index contributed by atoms with van der Waals surface area (Å²) in [5, 5.41) is 21.2. The maximum atomic E-state index is 12.2. The number of fused-ring (bicyclic) bond motifs is 2. The Kier molecular flexibility index (Phi) is 3.12. The first kappa shape index (κ1) is 13.0. The van der Waals surface area contributed by atoms with Crippen molar-refractivity contribution in [2.45, 2.75) is 25.7 Å². The monoisotopic (exact) mass is 275 g/mol. The zero-order valence-electron chi connectivity index (χ0n) is 11.0. The van der Waals surface area contributed by atoms with Crippen LogP contribution in [0.15, 0.2) is 18.2 Å². The van der Waals surface area contributed by atoms with Gasteiger partial charge in [-0.05, 0) is 43.2 Å². The van der Waals surface area contributed by atoms with Crippen LogP contribution in [0.4, 0.5) is 5.69 Å². The third-order valence-corrected chi connectivity index (χ3v) is 4.57. The number of phenols is 1. The molecule has 3 unspecified atom stereocenters. The third kappa shape index (κ3) is 2.24. The van der Waals surface area contributed by atoms with Crippen molar-refractivity contribution < 1.29 is 19.8 Å². The highest BCUT2D eigenvalue weighted by Crippen LogP contribution is 2.48. The van der Waals surface area contributed by atoms with Crippen LogP contribution in [0.3, 0.4) is 0 Å². The number of nitrogens with one attached hydrogen (secondary N) is 1. The van der Waals surface area contributed by atoms with Crippen LogP contribution in [0.25, 0.3) is 0 Å². The van der Waals surface area contributed by atoms with Crippen LogP contribution < -0.4 is 5.32 Å². The molecule has 0 aromatic heterocycles. The molecule has 0 heterocycles. The third-order valence-electron chi connectivity index (χ3n) is 4.57. The number of carbonyl (C=O) groups excluding carboxylic acids is 1. The van der Waals surface area contributed by atoms with Gasteiger partial charge in [0.05, 0.1) is 0 Å². The molecule has 2 aliphatic rings. The van der Waals surface area contributed by atoms with Crippen LogP contribution in [-0.4, -0.2) is 22.1 Å². The zero-order chi connectivity index (χ0) is 14.3. The Bertz CT molecular complexity index is 569. The zero-order valence-corrected chi connectivity index (χ0v) is 11.0. The molecule has 3 rings (SSSR count). The number of hydrogen-bond acceptors (Lipinski definition) is 3. The fourth-order valence-electron chi connectivity index (χ4n) is 3.59. The lowest BCUT2D eigenvalue weighted by Gasteiger charge is -2.20. The van der Waals surface area contributed by atoms with E-state index in [1.807, 2.05) is 0 Å². The van der Waals surface area contributed by atoms with Gasteiger partial charge in [-0.2, -0.15) is 0 Å². The number of carboxylic acid groups (broad SMARTS) is 1. The van der Waals surface area contributed by atoms with E-state index in [1.165, 1.54) is 24.6 Å². The van der Waals surface area contributed by atoms with Gasteiger partial charge in [-0.15, -0.1) is 0 Å². The second-order valence-corrected chi connectivity index (χ2v) is 5.81. The SMILES string of the molecule is O=C(O)c1ccc(NC(=O)C2CC3CCC2C3)cc1O. The number of carbonyl (C=O) groups is 2. The highest BCUT2D eigenvalue weighted by Gasteiger charge is 2.43. The topological polar surface area (TPSA) is 86.6 Å². The molecule has 1 aromatic rings. The first-order valence-corrected chi connectivity index (χ1v) is 6.91. The Labute approximate surface area is 116 Å². The number of aromatic carboxylic acids is 1. The minimum atomic E-state index is -1.19. The number of rotatable bonds is 3. The minimum absolute atomic E-state index is 0.0142. The van der Waals surface area contributed by atoms with Crippen LogP contribution in [0, 0.1) is 17.8 Å². The van der Waals surface area contributed by atoms with Crippen molar-refractivity contribution in [1.29, 1.82) is 0 Å². The molecule has 0 radical (unpaired) electrons. The van der Waals surface area contributed by atoms with Crippen molar-refractivity contribution in [2.75, 3.05) is 5.32 Å². The molecule has 2 fully saturated rings. The van der Waals surface area contributed by atoms with Crippen LogP contribution in [0.2, 0.25) is 0 Å². The number of aromatic hydroxyl groups is 1. The predicted molar refractivity (Wildman–Crippen MR) is 72.6 cm³/mol. The molecule has 20 heavy (non-hydrogen) atoms. The highest BCUT2D eigenvalue weighted by molar-refractivity contribution is 5.95. The molecular formula is C15H17NO4. The smallest absolute Gasteiger partial charge is 0.339 e. The lowest BCUT2D eigenvalue weighted by atomic mass is 9.88. The van der Waals surface area contributed by atoms with Crippen molar-refractivity contribution in [2.24, 2.45) is 17.8 Å². The van der Waals surface area contributed by atoms with Gasteiger partial charge in [0, 0.05) is 17.7 Å². The Hall–Kier alpha value is -2.04. The molecule has 5 heteroatoms. The van der Waals surface area contributed by atoms with Crippen molar-refractivity contribution in [3.63, 3.8) is 0 Å². The molecule has 1 aromatic carbocycles. The van der Waals surface area contributed by atoms with Gasteiger partial charge >= 0.3 is 5.97 Å². The fraction of sp³-hybridized carbons (Fsp3) is 0.467. The second kappa shape index (κ2) is 4.81. The first-order valence-electron chi connectivity index (χ1n) is 6.91. The van der Waals surface area contributed by atoms with E-state index in [0.29, 0.717) is 17.5 Å². The summed E-state index contributed by atoms with van der Waals surface area (Å²) in [7, 11) is 0. The van der Waals surface area contributed by atoms with Crippen LogP contribution in [0.5, 0.6) is 5.75 Å². The molecule has 106 valence electrons. The maximum Gasteiger partial charge on any atom is 0.339 e. The summed E-state index contributed by atoms with van der Waals surface area (Å²) < 4.78 is 0. The van der Waals surface area contributed by atoms with Gasteiger partial charge in [-0.25, -0.2) is 4.79 Å². The Morgan fingerprint density at radius 1 is 1.20 bits per heavy atom. The van der Waals surface area contributed by atoms with Gasteiger partial charge in [0.15, 0.2) is 0 Å². The summed E-state index contributed by atoms with van der Waals surface area (Å²) in [4.78, 5) is 23.0. The fourth-order valence-corrected chi connectivity index (χ4v) is 3.59. The molecule has 2 aliphatic carbocycles. The Morgan fingerprint density at radius 2 is 2.00 bits per heavy atom. The van der Waals surface area contributed by atoms with Gasteiger partial charge in [-0.3, -0.25) is 4.79 Å². The second-order valence-electron chi connectivity index (χ2n) is 5.81. The normalized spacial score (nSPS) is 27.5. The van der Waals surface area contributed by atoms with Gasteiger partial charge in [0.2, 0.25) is 5.91 Å². The molecule has 1 amide bonds. The molecular weight excluding hydrogens is 258 g/mol. The number of hydrogen-bond donors (Lipinski definition) is 3. The largest absolute Gasteiger partial charge is 0.507 e. The highest BCUT2D eigenvalue weighted by atomic mass is 16.4. The number of benzene rings is 1. The predicted octanol–water partition coefficient (Wildman–Crippen LogP) is 2.47. The summed E-state index contributed by atoms with van der Waals surface area (Å²) >= 11 is 0. The average Bonchev–Trinajstić information content (AvgIpc) is 3.00. The minimum Gasteiger partial charge on any atom is -0.507 e. The van der Waals surface area contributed by atoms with Crippen LogP contribution in [0.1, 0.15) is 36.0 Å². The van der Waals surface area contributed by atoms with Gasteiger partial charge in [0.25, 0.3) is 0 Å². The van der Waals surface area contributed by atoms with Crippen molar-refractivity contribution in [3.8, 4) is 5.75 Å². The van der Waals surface area contributed by atoms with E-state index in [1.54, 1.807) is 0 Å². The van der Waals surface area contributed by atoms with E-state index in [9.17, 15) is 14.7 Å². The van der Waals surface area contributed by atoms with Crippen molar-refractivity contribution in [3.05, 3.63) is 23.8 Å². The summed E-state index contributed by atoms with van der Waals surface area (Å²) in [5.74, 6) is -0.281. The molecule has 2 bridgehead atoms. The lowest BCUT2D eigenvalue weighted by molar-refractivity contribution is -0.121. The molecule has 5 nitrogen and oxygen atoms in total. The lowest BCUT2D eigenvalue weighted by Crippen LogP contribution is -2.27. The molecule has 3 N–H and O–H groups in total. The molecule has 0 saturated heterocycles. The van der Waals surface area contributed by atoms with Gasteiger partial charge in [-0.1, -0.05) is 6.42 Å². The van der Waals surface area contributed by atoms with Crippen LogP contribution in [-0.2, 0) is 4.79 Å². The molecule has 0 aliphatic heterocycles. The summed E-state index contributed by atoms with van der Waals surface area (Å²) in [5.41, 5.74) is 0.281. The van der Waals surface area contributed by atoms with E-state index in [-0.39, 0.29) is 23.1 Å². The first-order chi connectivity index (χ1) is 9.54. The van der Waals surface area contributed by atoms with E-state index in [2.05, 4.69) is 5.32 Å². The Morgan fingerprint density at radius 3 is 2.55 bits per heavy atom. The standard InChI is InChI=1S/C15H17NO4/c17-13-7-10(3-4-11(13)15(19)20)16-14(18)12-6-8-1-2-9(12)5-8/h3-4,7-9,12,17H,1-2,5-6H2,(H,16,18)(H,19,20). The van der Waals surface area contributed by atoms with E-state index < -0.39 is 5.97 Å². The number of carboxylic acids is 1. The van der Waals surface area contributed by atoms with Crippen molar-refractivity contribution >= 4 is 17.6 Å². The van der Waals surface area contributed by atoms with Gasteiger partial charge < -0.3 is 15.5 Å². The number of amides is 1. The average molecular weight is 275 g/mol. The van der Waals surface area contributed by atoms with Crippen molar-refractivity contribution in [1.82, 2.24) is 0 Å². The molecule has 3 atom stereocenters. The van der Waals surface area contributed by atoms with Crippen LogP contribution >= 0.6 is 0 Å². The quantitative estimate of drug-likeness (QED) is 0.790. The molecule has 2 saturated carbocycles. The van der Waals surface area contributed by atoms with E-state index in [0.717, 1.165) is 19.3 Å². The molecule has 0 spiro atoms. The maximum absolute atomic E-state index is 12.2. The van der Waals surface area contributed by atoms with E-state index >= 15 is 0 Å². The van der Waals surface area contributed by atoms with E-state index in [4.69, 9.17) is 5.11 Å². The summed E-state index contributed by atoms with van der Waals surface area (Å²) in [6.45, 7) is 0. The van der Waals surface area contributed by atoms with Gasteiger partial charge in [0.1, 0.15) is 11.3 Å². The Balaban J connectivity index is 1.70. The summed E-state index contributed by atoms with van der Waals surface area (Å²) in [6.07, 6.45) is 4.48. The number of anilines is 1.